The number of carbonyl (C=O) groups is 1. The average molecular weight is 241 g/mol. The van der Waals surface area contributed by atoms with Crippen molar-refractivity contribution in [2.45, 2.75) is 0 Å². The Labute approximate surface area is 104 Å². The highest BCUT2D eigenvalue weighted by Crippen LogP contribution is 2.22. The van der Waals surface area contributed by atoms with Crippen molar-refractivity contribution in [1.29, 1.82) is 0 Å². The van der Waals surface area contributed by atoms with Gasteiger partial charge in [0.15, 0.2) is 5.78 Å². The van der Waals surface area contributed by atoms with Crippen molar-refractivity contribution < 1.29 is 15.0 Å². The zero-order valence-corrected chi connectivity index (χ0v) is 9.45. The number of rotatable bonds is 3. The van der Waals surface area contributed by atoms with Gasteiger partial charge in [-0.05, 0) is 42.0 Å². The highest BCUT2D eigenvalue weighted by Gasteiger charge is 2.08. The van der Waals surface area contributed by atoms with Crippen LogP contribution in [0.15, 0.2) is 48.8 Å². The van der Waals surface area contributed by atoms with Crippen LogP contribution in [0.5, 0.6) is 11.5 Å². The summed E-state index contributed by atoms with van der Waals surface area (Å²) < 4.78 is 0. The monoisotopic (exact) mass is 241 g/mol. The fourth-order valence-electron chi connectivity index (χ4n) is 1.46. The molecule has 0 fully saturated rings. The van der Waals surface area contributed by atoms with Gasteiger partial charge >= 0.3 is 0 Å². The van der Waals surface area contributed by atoms with Crippen molar-refractivity contribution in [3.63, 3.8) is 0 Å². The lowest BCUT2D eigenvalue weighted by Gasteiger charge is -2.00. The zero-order valence-electron chi connectivity index (χ0n) is 9.45. The Balaban J connectivity index is 2.22. The Bertz CT molecular complexity index is 591. The first-order chi connectivity index (χ1) is 8.66. The summed E-state index contributed by atoms with van der Waals surface area (Å²) >= 11 is 0. The summed E-state index contributed by atoms with van der Waals surface area (Å²) in [7, 11) is 0. The van der Waals surface area contributed by atoms with Crippen LogP contribution < -0.4 is 0 Å². The lowest BCUT2D eigenvalue weighted by atomic mass is 10.1. The standard InChI is InChI=1S/C14H11NO3/c16-11-4-6-14(18)12(8-11)13(17)5-3-10-2-1-7-15-9-10/h1-9,16,18H/b5-3+. The minimum absolute atomic E-state index is 0.0640. The number of carbonyl (C=O) groups excluding carboxylic acids is 1. The van der Waals surface area contributed by atoms with Crippen LogP contribution in [-0.2, 0) is 0 Å². The van der Waals surface area contributed by atoms with Gasteiger partial charge in [0.2, 0.25) is 0 Å². The van der Waals surface area contributed by atoms with Gasteiger partial charge in [-0.15, -0.1) is 0 Å². The second-order valence-electron chi connectivity index (χ2n) is 3.69. The maximum atomic E-state index is 11.8. The van der Waals surface area contributed by atoms with Crippen LogP contribution in [0.3, 0.4) is 0 Å². The maximum Gasteiger partial charge on any atom is 0.189 e. The van der Waals surface area contributed by atoms with E-state index in [-0.39, 0.29) is 22.8 Å². The molecule has 90 valence electrons. The van der Waals surface area contributed by atoms with Gasteiger partial charge in [0, 0.05) is 12.4 Å². The van der Waals surface area contributed by atoms with E-state index in [1.165, 1.54) is 24.3 Å². The van der Waals surface area contributed by atoms with Crippen LogP contribution in [0.1, 0.15) is 15.9 Å². The number of pyridine rings is 1. The summed E-state index contributed by atoms with van der Waals surface area (Å²) in [5.74, 6) is -0.605. The fraction of sp³-hybridized carbons (Fsp3) is 0. The van der Waals surface area contributed by atoms with E-state index < -0.39 is 0 Å². The Hall–Kier alpha value is -2.62. The second kappa shape index (κ2) is 5.14. The molecule has 0 amide bonds. The third-order valence-electron chi connectivity index (χ3n) is 2.36. The molecular weight excluding hydrogens is 230 g/mol. The minimum Gasteiger partial charge on any atom is -0.508 e. The molecule has 0 aliphatic rings. The fourth-order valence-corrected chi connectivity index (χ4v) is 1.46. The summed E-state index contributed by atoms with van der Waals surface area (Å²) in [6, 6.07) is 7.39. The van der Waals surface area contributed by atoms with Gasteiger partial charge in [0.1, 0.15) is 11.5 Å². The Morgan fingerprint density at radius 1 is 1.22 bits per heavy atom. The summed E-state index contributed by atoms with van der Waals surface area (Å²) in [5, 5.41) is 18.8. The first-order valence-corrected chi connectivity index (χ1v) is 5.31. The Kier molecular flexibility index (Phi) is 3.38. The third-order valence-corrected chi connectivity index (χ3v) is 2.36. The van der Waals surface area contributed by atoms with Crippen LogP contribution in [0.4, 0.5) is 0 Å². The molecule has 0 aliphatic carbocycles. The molecule has 1 aromatic heterocycles. The zero-order chi connectivity index (χ0) is 13.0. The van der Waals surface area contributed by atoms with Gasteiger partial charge in [0.25, 0.3) is 0 Å². The Morgan fingerprint density at radius 3 is 2.78 bits per heavy atom. The smallest absolute Gasteiger partial charge is 0.189 e. The molecule has 0 unspecified atom stereocenters. The molecule has 0 saturated heterocycles. The third kappa shape index (κ3) is 2.74. The molecule has 0 spiro atoms. The SMILES string of the molecule is O=C(/C=C/c1cccnc1)c1cc(O)ccc1O. The van der Waals surface area contributed by atoms with Gasteiger partial charge in [0.05, 0.1) is 5.56 Å². The van der Waals surface area contributed by atoms with E-state index in [0.717, 1.165) is 5.56 Å². The molecule has 1 aromatic carbocycles. The molecule has 2 N–H and O–H groups in total. The molecule has 2 aromatic rings. The second-order valence-corrected chi connectivity index (χ2v) is 3.69. The lowest BCUT2D eigenvalue weighted by molar-refractivity contribution is 0.104. The maximum absolute atomic E-state index is 11.8. The topological polar surface area (TPSA) is 70.4 Å². The normalized spacial score (nSPS) is 10.7. The molecule has 4 nitrogen and oxygen atoms in total. The average Bonchev–Trinajstić information content (AvgIpc) is 2.40. The van der Waals surface area contributed by atoms with E-state index in [0.29, 0.717) is 0 Å². The van der Waals surface area contributed by atoms with Gasteiger partial charge in [-0.1, -0.05) is 6.07 Å². The highest BCUT2D eigenvalue weighted by atomic mass is 16.3. The minimum atomic E-state index is -0.382. The number of aromatic hydroxyl groups is 2. The van der Waals surface area contributed by atoms with Crippen molar-refractivity contribution in [2.24, 2.45) is 0 Å². The van der Waals surface area contributed by atoms with Gasteiger partial charge < -0.3 is 10.2 Å². The van der Waals surface area contributed by atoms with Crippen molar-refractivity contribution >= 4 is 11.9 Å². The van der Waals surface area contributed by atoms with Crippen molar-refractivity contribution in [2.75, 3.05) is 0 Å². The van der Waals surface area contributed by atoms with Crippen LogP contribution >= 0.6 is 0 Å². The van der Waals surface area contributed by atoms with Crippen LogP contribution in [-0.4, -0.2) is 21.0 Å². The van der Waals surface area contributed by atoms with Crippen LogP contribution in [0.2, 0.25) is 0 Å². The number of ketones is 1. The number of phenolic OH excluding ortho intramolecular Hbond substituents is 2. The highest BCUT2D eigenvalue weighted by molar-refractivity contribution is 6.08. The summed E-state index contributed by atoms with van der Waals surface area (Å²) in [4.78, 5) is 15.7. The predicted octanol–water partition coefficient (Wildman–Crippen LogP) is 2.39. The van der Waals surface area contributed by atoms with E-state index in [9.17, 15) is 15.0 Å². The van der Waals surface area contributed by atoms with Crippen LogP contribution in [0.25, 0.3) is 6.08 Å². The van der Waals surface area contributed by atoms with Gasteiger partial charge in [-0.3, -0.25) is 9.78 Å². The molecule has 0 radical (unpaired) electrons. The first-order valence-electron chi connectivity index (χ1n) is 5.31. The molecule has 18 heavy (non-hydrogen) atoms. The van der Waals surface area contributed by atoms with Gasteiger partial charge in [-0.2, -0.15) is 0 Å². The largest absolute Gasteiger partial charge is 0.508 e. The van der Waals surface area contributed by atoms with E-state index in [1.807, 2.05) is 0 Å². The predicted molar refractivity (Wildman–Crippen MR) is 67.4 cm³/mol. The Morgan fingerprint density at radius 2 is 2.06 bits per heavy atom. The van der Waals surface area contributed by atoms with E-state index >= 15 is 0 Å². The molecule has 0 bridgehead atoms. The number of benzene rings is 1. The number of allylic oxidation sites excluding steroid dienone is 1. The van der Waals surface area contributed by atoms with E-state index in [4.69, 9.17) is 0 Å². The molecule has 0 aliphatic heterocycles. The molecule has 0 atom stereocenters. The molecule has 0 saturated carbocycles. The van der Waals surface area contributed by atoms with Gasteiger partial charge in [-0.25, -0.2) is 0 Å². The molecular formula is C14H11NO3. The van der Waals surface area contributed by atoms with Crippen molar-refractivity contribution in [3.05, 3.63) is 59.9 Å². The van der Waals surface area contributed by atoms with Crippen molar-refractivity contribution in [1.82, 2.24) is 4.98 Å². The summed E-state index contributed by atoms with van der Waals surface area (Å²) in [6.45, 7) is 0. The lowest BCUT2D eigenvalue weighted by Crippen LogP contribution is -1.94. The number of hydrogen-bond acceptors (Lipinski definition) is 4. The van der Waals surface area contributed by atoms with Crippen LogP contribution in [0, 0.1) is 0 Å². The molecule has 2 rings (SSSR count). The van der Waals surface area contributed by atoms with E-state index in [2.05, 4.69) is 4.98 Å². The first kappa shape index (κ1) is 11.9. The molecule has 1 heterocycles. The number of hydrogen-bond donors (Lipinski definition) is 2. The quantitative estimate of drug-likeness (QED) is 0.491. The van der Waals surface area contributed by atoms with E-state index in [1.54, 1.807) is 30.6 Å². The number of phenols is 2. The van der Waals surface area contributed by atoms with Crippen molar-refractivity contribution in [3.8, 4) is 11.5 Å². The number of nitrogens with zero attached hydrogens (tertiary/aromatic N) is 1. The number of aromatic nitrogens is 1. The molecule has 4 heteroatoms. The summed E-state index contributed by atoms with van der Waals surface area (Å²) in [6.07, 6.45) is 6.18. The summed E-state index contributed by atoms with van der Waals surface area (Å²) in [5.41, 5.74) is 0.848.